The zero-order chi connectivity index (χ0) is 14.0. The number of sulfonamides is 1. The van der Waals surface area contributed by atoms with E-state index in [1.807, 2.05) is 0 Å². The Bertz CT molecular complexity index is 686. The maximum atomic E-state index is 12.1. The number of rotatable bonds is 4. The van der Waals surface area contributed by atoms with Crippen LogP contribution in [0.5, 0.6) is 0 Å². The van der Waals surface area contributed by atoms with E-state index < -0.39 is 10.0 Å². The van der Waals surface area contributed by atoms with Crippen molar-refractivity contribution < 1.29 is 12.8 Å². The van der Waals surface area contributed by atoms with Gasteiger partial charge in [0.25, 0.3) is 0 Å². The minimum absolute atomic E-state index is 0.0217. The van der Waals surface area contributed by atoms with Gasteiger partial charge in [-0.2, -0.15) is 0 Å². The summed E-state index contributed by atoms with van der Waals surface area (Å²) in [5.74, 6) is 0.514. The van der Waals surface area contributed by atoms with E-state index in [9.17, 15) is 8.42 Å². The first-order valence-electron chi connectivity index (χ1n) is 5.07. The second kappa shape index (κ2) is 5.85. The van der Waals surface area contributed by atoms with Gasteiger partial charge in [-0.3, -0.25) is 0 Å². The molecule has 0 radical (unpaired) electrons. The van der Waals surface area contributed by atoms with Crippen LogP contribution < -0.4 is 4.72 Å². The summed E-state index contributed by atoms with van der Waals surface area (Å²) < 4.78 is 32.1. The summed E-state index contributed by atoms with van der Waals surface area (Å²) in [6, 6.07) is 6.08. The van der Waals surface area contributed by atoms with Crippen LogP contribution in [0.2, 0.25) is 10.0 Å². The summed E-state index contributed by atoms with van der Waals surface area (Å²) >= 11 is 14.8. The molecule has 8 heteroatoms. The molecule has 0 spiro atoms. The molecule has 0 aliphatic rings. The zero-order valence-corrected chi connectivity index (χ0v) is 13.3. The molecule has 0 aliphatic carbocycles. The van der Waals surface area contributed by atoms with Gasteiger partial charge in [0.15, 0.2) is 0 Å². The second-order valence-corrected chi connectivity index (χ2v) is 7.00. The summed E-state index contributed by atoms with van der Waals surface area (Å²) in [7, 11) is -3.71. The van der Waals surface area contributed by atoms with Gasteiger partial charge in [0, 0.05) is 4.47 Å². The third kappa shape index (κ3) is 3.52. The SMILES string of the molecule is O=S(=O)(NCc1ccco1)c1cc(Cl)c(Cl)cc1Br. The fourth-order valence-electron chi connectivity index (χ4n) is 1.37. The van der Waals surface area contributed by atoms with E-state index >= 15 is 0 Å². The highest BCUT2D eigenvalue weighted by Gasteiger charge is 2.19. The minimum atomic E-state index is -3.71. The molecule has 0 fully saturated rings. The van der Waals surface area contributed by atoms with Crippen LogP contribution in [-0.4, -0.2) is 8.42 Å². The molecule has 2 aromatic rings. The molecule has 0 bridgehead atoms. The second-order valence-electron chi connectivity index (χ2n) is 3.60. The van der Waals surface area contributed by atoms with Gasteiger partial charge in [0.2, 0.25) is 10.0 Å². The molecule has 1 aromatic heterocycles. The van der Waals surface area contributed by atoms with Gasteiger partial charge in [0.05, 0.1) is 27.7 Å². The van der Waals surface area contributed by atoms with Crippen molar-refractivity contribution in [3.8, 4) is 0 Å². The lowest BCUT2D eigenvalue weighted by atomic mass is 10.4. The summed E-state index contributed by atoms with van der Waals surface area (Å²) in [5.41, 5.74) is 0. The predicted octanol–water partition coefficient (Wildman–Crippen LogP) is 3.83. The fourth-order valence-corrected chi connectivity index (χ4v) is 3.95. The van der Waals surface area contributed by atoms with Crippen LogP contribution in [0.25, 0.3) is 0 Å². The standard InChI is InChI=1S/C11H8BrCl2NO3S/c12-8-4-9(13)10(14)5-11(8)19(16,17)15-6-7-2-1-3-18-7/h1-5,15H,6H2. The lowest BCUT2D eigenvalue weighted by molar-refractivity contribution is 0.498. The number of hydrogen-bond acceptors (Lipinski definition) is 3. The molecule has 1 aromatic carbocycles. The van der Waals surface area contributed by atoms with Crippen molar-refractivity contribution in [1.82, 2.24) is 4.72 Å². The molecule has 2 rings (SSSR count). The van der Waals surface area contributed by atoms with Crippen molar-refractivity contribution in [2.45, 2.75) is 11.4 Å². The molecular weight excluding hydrogens is 377 g/mol. The maximum Gasteiger partial charge on any atom is 0.242 e. The Balaban J connectivity index is 2.27. The summed E-state index contributed by atoms with van der Waals surface area (Å²) in [4.78, 5) is 0.0217. The molecule has 1 N–H and O–H groups in total. The zero-order valence-electron chi connectivity index (χ0n) is 9.36. The molecule has 102 valence electrons. The average molecular weight is 385 g/mol. The third-order valence-electron chi connectivity index (χ3n) is 2.28. The van der Waals surface area contributed by atoms with Crippen LogP contribution in [0.4, 0.5) is 0 Å². The van der Waals surface area contributed by atoms with Crippen molar-refractivity contribution in [2.24, 2.45) is 0 Å². The Morgan fingerprint density at radius 3 is 2.58 bits per heavy atom. The highest BCUT2D eigenvalue weighted by molar-refractivity contribution is 9.10. The first-order valence-corrected chi connectivity index (χ1v) is 8.10. The van der Waals surface area contributed by atoms with E-state index in [1.54, 1.807) is 12.1 Å². The van der Waals surface area contributed by atoms with Crippen LogP contribution >= 0.6 is 39.1 Å². The fraction of sp³-hybridized carbons (Fsp3) is 0.0909. The van der Waals surface area contributed by atoms with Gasteiger partial charge in [-0.05, 0) is 40.2 Å². The Morgan fingerprint density at radius 1 is 1.26 bits per heavy atom. The van der Waals surface area contributed by atoms with Crippen LogP contribution in [0.1, 0.15) is 5.76 Å². The summed E-state index contributed by atoms with van der Waals surface area (Å²) in [5, 5.41) is 0.446. The smallest absolute Gasteiger partial charge is 0.242 e. The van der Waals surface area contributed by atoms with E-state index in [4.69, 9.17) is 27.6 Å². The van der Waals surface area contributed by atoms with Gasteiger partial charge in [-0.15, -0.1) is 0 Å². The van der Waals surface area contributed by atoms with E-state index in [1.165, 1.54) is 18.4 Å². The Morgan fingerprint density at radius 2 is 1.95 bits per heavy atom. The molecule has 1 heterocycles. The van der Waals surface area contributed by atoms with Crippen molar-refractivity contribution >= 4 is 49.2 Å². The number of nitrogens with one attached hydrogen (secondary N) is 1. The van der Waals surface area contributed by atoms with Crippen LogP contribution in [0.3, 0.4) is 0 Å². The first-order chi connectivity index (χ1) is 8.90. The predicted molar refractivity (Wildman–Crippen MR) is 76.9 cm³/mol. The third-order valence-corrected chi connectivity index (χ3v) is 5.36. The normalized spacial score (nSPS) is 11.7. The van der Waals surface area contributed by atoms with Crippen LogP contribution in [-0.2, 0) is 16.6 Å². The van der Waals surface area contributed by atoms with Gasteiger partial charge in [-0.1, -0.05) is 23.2 Å². The molecule has 19 heavy (non-hydrogen) atoms. The Kier molecular flexibility index (Phi) is 4.58. The highest BCUT2D eigenvalue weighted by atomic mass is 79.9. The topological polar surface area (TPSA) is 59.3 Å². The number of halogens is 3. The highest BCUT2D eigenvalue weighted by Crippen LogP contribution is 2.31. The number of furan rings is 1. The van der Waals surface area contributed by atoms with Crippen molar-refractivity contribution in [3.63, 3.8) is 0 Å². The monoisotopic (exact) mass is 383 g/mol. The van der Waals surface area contributed by atoms with Crippen molar-refractivity contribution in [3.05, 3.63) is 50.8 Å². The molecule has 0 atom stereocenters. The molecular formula is C11H8BrCl2NO3S. The maximum absolute atomic E-state index is 12.1. The molecule has 0 unspecified atom stereocenters. The van der Waals surface area contributed by atoms with E-state index in [0.717, 1.165) is 0 Å². The number of hydrogen-bond donors (Lipinski definition) is 1. The van der Waals surface area contributed by atoms with Gasteiger partial charge < -0.3 is 4.42 Å². The van der Waals surface area contributed by atoms with Crippen molar-refractivity contribution in [1.29, 1.82) is 0 Å². The van der Waals surface area contributed by atoms with E-state index in [0.29, 0.717) is 10.2 Å². The van der Waals surface area contributed by atoms with E-state index in [-0.39, 0.29) is 21.5 Å². The molecule has 0 amide bonds. The number of benzene rings is 1. The minimum Gasteiger partial charge on any atom is -0.468 e. The van der Waals surface area contributed by atoms with Crippen molar-refractivity contribution in [2.75, 3.05) is 0 Å². The molecule has 0 aliphatic heterocycles. The van der Waals surface area contributed by atoms with Gasteiger partial charge in [-0.25, -0.2) is 13.1 Å². The first kappa shape index (κ1) is 14.9. The quantitative estimate of drug-likeness (QED) is 0.815. The van der Waals surface area contributed by atoms with Crippen LogP contribution in [0, 0.1) is 0 Å². The Labute approximate surface area is 128 Å². The lowest BCUT2D eigenvalue weighted by Crippen LogP contribution is -2.23. The Hall–Kier alpha value is -0.530. The van der Waals surface area contributed by atoms with Gasteiger partial charge >= 0.3 is 0 Å². The largest absolute Gasteiger partial charge is 0.468 e. The average Bonchev–Trinajstić information content (AvgIpc) is 2.84. The molecule has 0 saturated heterocycles. The molecule has 0 saturated carbocycles. The lowest BCUT2D eigenvalue weighted by Gasteiger charge is -2.08. The summed E-state index contributed by atoms with van der Waals surface area (Å²) in [6.45, 7) is 0.0576. The van der Waals surface area contributed by atoms with Gasteiger partial charge in [0.1, 0.15) is 5.76 Å². The summed E-state index contributed by atoms with van der Waals surface area (Å²) in [6.07, 6.45) is 1.47. The van der Waals surface area contributed by atoms with E-state index in [2.05, 4.69) is 20.7 Å². The van der Waals surface area contributed by atoms with Crippen LogP contribution in [0.15, 0.2) is 44.3 Å². The molecule has 4 nitrogen and oxygen atoms in total.